The lowest BCUT2D eigenvalue weighted by Crippen LogP contribution is -2.28. The summed E-state index contributed by atoms with van der Waals surface area (Å²) in [5.41, 5.74) is 1.91. The highest BCUT2D eigenvalue weighted by molar-refractivity contribution is 6.08. The number of likely N-dealkylation sites (tertiary alicyclic amines) is 1. The Morgan fingerprint density at radius 3 is 2.60 bits per heavy atom. The number of fused-ring (bicyclic) bond motifs is 1. The molecule has 1 saturated heterocycles. The first kappa shape index (κ1) is 20.5. The van der Waals surface area contributed by atoms with Gasteiger partial charge < -0.3 is 14.4 Å². The summed E-state index contributed by atoms with van der Waals surface area (Å²) in [6, 6.07) is 11.3. The maximum absolute atomic E-state index is 12.6. The molecule has 1 atom stereocenters. The minimum atomic E-state index is -0.0670. The van der Waals surface area contributed by atoms with Crippen LogP contribution in [0.25, 0.3) is 0 Å². The number of aromatic nitrogens is 1. The highest BCUT2D eigenvalue weighted by atomic mass is 16.2. The lowest BCUT2D eigenvalue weighted by molar-refractivity contribution is 0.0787. The molecule has 1 aromatic carbocycles. The summed E-state index contributed by atoms with van der Waals surface area (Å²) < 4.78 is 1.93. The topological polar surface area (TPSA) is 62.6 Å². The third-order valence-electron chi connectivity index (χ3n) is 6.31. The van der Waals surface area contributed by atoms with Crippen LogP contribution in [0.2, 0.25) is 0 Å². The van der Waals surface area contributed by atoms with E-state index in [0.717, 1.165) is 51.0 Å². The third-order valence-corrected chi connectivity index (χ3v) is 6.31. The normalized spacial score (nSPS) is 19.8. The standard InChI is InChI=1S/C24H29N3O3/c1-25-14-11-21(28)20-10-16-27(22(20)24(25)30)13-6-5-12-26-15-9-19(17-26)23(29)18-7-3-2-4-8-18/h2-4,7-8,10,16,19H,5-6,9,11-15,17H2,1H3. The highest BCUT2D eigenvalue weighted by Gasteiger charge is 2.29. The number of unbranched alkanes of at least 4 members (excludes halogenated alkanes) is 1. The Labute approximate surface area is 177 Å². The summed E-state index contributed by atoms with van der Waals surface area (Å²) in [4.78, 5) is 41.5. The van der Waals surface area contributed by atoms with Crippen LogP contribution in [0.1, 0.15) is 56.9 Å². The molecular weight excluding hydrogens is 378 g/mol. The minimum Gasteiger partial charge on any atom is -0.343 e. The molecule has 6 heteroatoms. The second-order valence-electron chi connectivity index (χ2n) is 8.39. The van der Waals surface area contributed by atoms with E-state index < -0.39 is 0 Å². The van der Waals surface area contributed by atoms with Crippen molar-refractivity contribution in [1.29, 1.82) is 0 Å². The number of rotatable bonds is 7. The van der Waals surface area contributed by atoms with Crippen LogP contribution < -0.4 is 0 Å². The smallest absolute Gasteiger partial charge is 0.270 e. The van der Waals surface area contributed by atoms with E-state index in [4.69, 9.17) is 0 Å². The first-order valence-corrected chi connectivity index (χ1v) is 10.8. The second-order valence-corrected chi connectivity index (χ2v) is 8.39. The molecule has 6 nitrogen and oxygen atoms in total. The van der Waals surface area contributed by atoms with Crippen LogP contribution in [-0.2, 0) is 6.54 Å². The van der Waals surface area contributed by atoms with Crippen molar-refractivity contribution in [3.8, 4) is 0 Å². The van der Waals surface area contributed by atoms with Gasteiger partial charge in [-0.05, 0) is 38.4 Å². The van der Waals surface area contributed by atoms with Gasteiger partial charge in [-0.25, -0.2) is 0 Å². The summed E-state index contributed by atoms with van der Waals surface area (Å²) in [5.74, 6) is 0.322. The molecule has 158 valence electrons. The molecule has 1 aromatic heterocycles. The molecule has 1 amide bonds. The summed E-state index contributed by atoms with van der Waals surface area (Å²) in [5, 5.41) is 0. The van der Waals surface area contributed by atoms with Gasteiger partial charge in [-0.1, -0.05) is 30.3 Å². The Hall–Kier alpha value is -2.73. The fourth-order valence-electron chi connectivity index (χ4n) is 4.51. The molecule has 0 saturated carbocycles. The van der Waals surface area contributed by atoms with Crippen LogP contribution in [0.3, 0.4) is 0 Å². The van der Waals surface area contributed by atoms with E-state index in [1.807, 2.05) is 41.1 Å². The van der Waals surface area contributed by atoms with E-state index >= 15 is 0 Å². The van der Waals surface area contributed by atoms with Gasteiger partial charge in [0.25, 0.3) is 5.91 Å². The van der Waals surface area contributed by atoms with Crippen molar-refractivity contribution < 1.29 is 14.4 Å². The predicted molar refractivity (Wildman–Crippen MR) is 115 cm³/mol. The average Bonchev–Trinajstić information content (AvgIpc) is 3.39. The summed E-state index contributed by atoms with van der Waals surface area (Å²) in [7, 11) is 1.75. The molecule has 1 fully saturated rings. The van der Waals surface area contributed by atoms with Gasteiger partial charge in [-0.3, -0.25) is 14.4 Å². The molecule has 0 spiro atoms. The van der Waals surface area contributed by atoms with Crippen LogP contribution in [0.15, 0.2) is 42.6 Å². The number of nitrogens with zero attached hydrogens (tertiary/aromatic N) is 3. The van der Waals surface area contributed by atoms with Crippen LogP contribution in [0, 0.1) is 5.92 Å². The monoisotopic (exact) mass is 407 g/mol. The molecule has 0 N–H and O–H groups in total. The number of hydrogen-bond donors (Lipinski definition) is 0. The molecule has 1 unspecified atom stereocenters. The quantitative estimate of drug-likeness (QED) is 0.523. The number of amides is 1. The van der Waals surface area contributed by atoms with E-state index in [0.29, 0.717) is 24.2 Å². The number of carbonyl (C=O) groups is 3. The third kappa shape index (κ3) is 4.24. The average molecular weight is 408 g/mol. The molecule has 30 heavy (non-hydrogen) atoms. The van der Waals surface area contributed by atoms with Crippen LogP contribution in [-0.4, -0.2) is 65.1 Å². The molecular formula is C24H29N3O3. The number of aryl methyl sites for hydroxylation is 1. The molecule has 2 aliphatic heterocycles. The van der Waals surface area contributed by atoms with E-state index in [2.05, 4.69) is 4.90 Å². The zero-order valence-electron chi connectivity index (χ0n) is 17.5. The van der Waals surface area contributed by atoms with Gasteiger partial charge in [0.2, 0.25) is 0 Å². The van der Waals surface area contributed by atoms with Gasteiger partial charge in [-0.15, -0.1) is 0 Å². The summed E-state index contributed by atoms with van der Waals surface area (Å²) in [6.07, 6.45) is 5.10. The van der Waals surface area contributed by atoms with Gasteiger partial charge in [0, 0.05) is 56.3 Å². The fraction of sp³-hybridized carbons (Fsp3) is 0.458. The van der Waals surface area contributed by atoms with Crippen molar-refractivity contribution in [2.75, 3.05) is 33.2 Å². The van der Waals surface area contributed by atoms with Crippen molar-refractivity contribution in [3.63, 3.8) is 0 Å². The van der Waals surface area contributed by atoms with Crippen LogP contribution >= 0.6 is 0 Å². The van der Waals surface area contributed by atoms with Gasteiger partial charge in [0.15, 0.2) is 11.6 Å². The largest absolute Gasteiger partial charge is 0.343 e. The molecule has 0 radical (unpaired) electrons. The Morgan fingerprint density at radius 1 is 1.03 bits per heavy atom. The number of hydrogen-bond acceptors (Lipinski definition) is 4. The van der Waals surface area contributed by atoms with Crippen molar-refractivity contribution >= 4 is 17.5 Å². The van der Waals surface area contributed by atoms with Crippen molar-refractivity contribution in [3.05, 3.63) is 59.4 Å². The van der Waals surface area contributed by atoms with Crippen molar-refractivity contribution in [2.45, 2.75) is 32.2 Å². The Morgan fingerprint density at radius 2 is 1.80 bits per heavy atom. The Kier molecular flexibility index (Phi) is 6.13. The van der Waals surface area contributed by atoms with Crippen molar-refractivity contribution in [2.24, 2.45) is 5.92 Å². The van der Waals surface area contributed by atoms with Crippen LogP contribution in [0.5, 0.6) is 0 Å². The number of benzene rings is 1. The molecule has 3 heterocycles. The predicted octanol–water partition coefficient (Wildman–Crippen LogP) is 3.13. The van der Waals surface area contributed by atoms with E-state index in [1.165, 1.54) is 0 Å². The first-order chi connectivity index (χ1) is 14.5. The van der Waals surface area contributed by atoms with E-state index in [-0.39, 0.29) is 23.4 Å². The summed E-state index contributed by atoms with van der Waals surface area (Å²) >= 11 is 0. The molecule has 0 aliphatic carbocycles. The lowest BCUT2D eigenvalue weighted by Gasteiger charge is -2.17. The lowest BCUT2D eigenvalue weighted by atomic mass is 9.97. The molecule has 2 aromatic rings. The Balaban J connectivity index is 1.27. The maximum Gasteiger partial charge on any atom is 0.270 e. The zero-order valence-corrected chi connectivity index (χ0v) is 17.5. The first-order valence-electron chi connectivity index (χ1n) is 10.8. The summed E-state index contributed by atoms with van der Waals surface area (Å²) in [6.45, 7) is 3.94. The fourth-order valence-corrected chi connectivity index (χ4v) is 4.51. The molecule has 2 aliphatic rings. The number of ketones is 2. The van der Waals surface area contributed by atoms with Gasteiger partial charge in [0.1, 0.15) is 5.69 Å². The Bertz CT molecular complexity index is 934. The SMILES string of the molecule is CN1CCC(=O)c2ccn(CCCCN3CCC(C(=O)c4ccccc4)C3)c2C1=O. The highest BCUT2D eigenvalue weighted by Crippen LogP contribution is 2.22. The van der Waals surface area contributed by atoms with E-state index in [1.54, 1.807) is 18.0 Å². The van der Waals surface area contributed by atoms with Gasteiger partial charge in [0.05, 0.1) is 0 Å². The number of carbonyl (C=O) groups excluding carboxylic acids is 3. The van der Waals surface area contributed by atoms with Gasteiger partial charge in [-0.2, -0.15) is 0 Å². The van der Waals surface area contributed by atoms with Crippen LogP contribution in [0.4, 0.5) is 0 Å². The molecule has 0 bridgehead atoms. The van der Waals surface area contributed by atoms with Crippen molar-refractivity contribution in [1.82, 2.24) is 14.4 Å². The van der Waals surface area contributed by atoms with E-state index in [9.17, 15) is 14.4 Å². The molecule has 4 rings (SSSR count). The minimum absolute atomic E-state index is 0.0487. The number of Topliss-reactive ketones (excluding diaryl/α,β-unsaturated/α-hetero) is 2. The van der Waals surface area contributed by atoms with Gasteiger partial charge >= 0.3 is 0 Å². The maximum atomic E-state index is 12.6. The second kappa shape index (κ2) is 8.96. The zero-order chi connectivity index (χ0) is 21.1.